The van der Waals surface area contributed by atoms with E-state index >= 15 is 0 Å². The van der Waals surface area contributed by atoms with Gasteiger partial charge < -0.3 is 0 Å². The zero-order chi connectivity index (χ0) is 22.2. The Hall–Kier alpha value is -3.59. The van der Waals surface area contributed by atoms with Crippen LogP contribution in [0.2, 0.25) is 0 Å². The van der Waals surface area contributed by atoms with E-state index in [2.05, 4.69) is 9.97 Å². The Labute approximate surface area is 178 Å². The first kappa shape index (κ1) is 20.7. The molecule has 0 fully saturated rings. The second kappa shape index (κ2) is 7.92. The Bertz CT molecular complexity index is 1380. The first-order valence-corrected chi connectivity index (χ1v) is 11.3. The molecule has 0 aliphatic carbocycles. The molecule has 4 rings (SSSR count). The van der Waals surface area contributed by atoms with Crippen LogP contribution in [0.5, 0.6) is 0 Å². The Morgan fingerprint density at radius 2 is 1.84 bits per heavy atom. The van der Waals surface area contributed by atoms with Crippen molar-refractivity contribution < 1.29 is 17.6 Å². The van der Waals surface area contributed by atoms with Crippen molar-refractivity contribution in [2.45, 2.75) is 6.92 Å². The Morgan fingerprint density at radius 1 is 1.10 bits per heavy atom. The number of carbonyl (C=O) groups excluding carboxylic acids is 1. The minimum atomic E-state index is -3.42. The molecule has 0 spiro atoms. The van der Waals surface area contributed by atoms with Crippen molar-refractivity contribution in [1.82, 2.24) is 14.4 Å². The summed E-state index contributed by atoms with van der Waals surface area (Å²) in [5, 5.41) is 0. The van der Waals surface area contributed by atoms with Crippen molar-refractivity contribution in [1.29, 1.82) is 0 Å². The van der Waals surface area contributed by atoms with Gasteiger partial charge in [0.2, 0.25) is 15.8 Å². The molecule has 2 aromatic heterocycles. The lowest BCUT2D eigenvalue weighted by molar-refractivity contribution is 0.103. The van der Waals surface area contributed by atoms with E-state index in [1.54, 1.807) is 41.8 Å². The largest absolute Gasteiger partial charge is 0.287 e. The molecular formula is C22H19FN4O3S. The summed E-state index contributed by atoms with van der Waals surface area (Å²) in [6.45, 7) is 2.07. The lowest BCUT2D eigenvalue weighted by Crippen LogP contribution is -2.29. The van der Waals surface area contributed by atoms with Crippen LogP contribution in [-0.2, 0) is 10.0 Å². The van der Waals surface area contributed by atoms with Crippen molar-refractivity contribution in [2.75, 3.05) is 17.1 Å². The fraction of sp³-hybridized carbons (Fsp3) is 0.136. The number of anilines is 1. The number of imidazole rings is 1. The van der Waals surface area contributed by atoms with Gasteiger partial charge in [-0.25, -0.2) is 22.8 Å². The molecule has 0 aliphatic heterocycles. The molecule has 4 aromatic rings. The highest BCUT2D eigenvalue weighted by Gasteiger charge is 2.20. The molecule has 0 amide bonds. The Kier molecular flexibility index (Phi) is 5.28. The number of sulfonamides is 1. The highest BCUT2D eigenvalue weighted by molar-refractivity contribution is 7.92. The molecule has 7 nitrogen and oxygen atoms in total. The van der Waals surface area contributed by atoms with Gasteiger partial charge in [0.25, 0.3) is 0 Å². The zero-order valence-corrected chi connectivity index (χ0v) is 17.7. The molecule has 0 unspecified atom stereocenters. The topological polar surface area (TPSA) is 84.6 Å². The van der Waals surface area contributed by atoms with Crippen LogP contribution in [-0.4, -0.2) is 41.4 Å². The number of nitrogens with zero attached hydrogens (tertiary/aromatic N) is 4. The van der Waals surface area contributed by atoms with Crippen LogP contribution in [0.3, 0.4) is 0 Å². The van der Waals surface area contributed by atoms with Gasteiger partial charge in [-0.15, -0.1) is 0 Å². The monoisotopic (exact) mass is 438 g/mol. The number of rotatable bonds is 6. The summed E-state index contributed by atoms with van der Waals surface area (Å²) in [7, 11) is -3.42. The van der Waals surface area contributed by atoms with Crippen LogP contribution in [0.4, 0.5) is 10.1 Å². The average molecular weight is 438 g/mol. The molecule has 0 saturated heterocycles. The van der Waals surface area contributed by atoms with Gasteiger partial charge in [-0.2, -0.15) is 0 Å². The standard InChI is InChI=1S/C22H19FN4O3S/c1-3-27(31(2,29)30)18-6-4-5-16(13-18)19-11-12-24-22-20(25-14-26(19)22)21(28)15-7-9-17(23)10-8-15/h4-14H,3H2,1-2H3. The molecule has 9 heteroatoms. The predicted octanol–water partition coefficient (Wildman–Crippen LogP) is 3.55. The van der Waals surface area contributed by atoms with Gasteiger partial charge in [0, 0.05) is 23.9 Å². The highest BCUT2D eigenvalue weighted by Crippen LogP contribution is 2.27. The first-order chi connectivity index (χ1) is 14.8. The first-order valence-electron chi connectivity index (χ1n) is 9.50. The van der Waals surface area contributed by atoms with Crippen molar-refractivity contribution in [3.63, 3.8) is 0 Å². The van der Waals surface area contributed by atoms with E-state index < -0.39 is 15.8 Å². The van der Waals surface area contributed by atoms with E-state index in [1.165, 1.54) is 34.9 Å². The minimum Gasteiger partial charge on any atom is -0.287 e. The molecule has 0 saturated carbocycles. The van der Waals surface area contributed by atoms with Gasteiger partial charge in [-0.05, 0) is 49.4 Å². The number of carbonyl (C=O) groups is 1. The molecular weight excluding hydrogens is 419 g/mol. The summed E-state index contributed by atoms with van der Waals surface area (Å²) in [6, 6.07) is 14.1. The maximum absolute atomic E-state index is 13.2. The highest BCUT2D eigenvalue weighted by atomic mass is 32.2. The summed E-state index contributed by atoms with van der Waals surface area (Å²) in [4.78, 5) is 21.4. The molecule has 158 valence electrons. The summed E-state index contributed by atoms with van der Waals surface area (Å²) < 4.78 is 40.4. The normalized spacial score (nSPS) is 11.6. The number of aromatic nitrogens is 3. The summed E-state index contributed by atoms with van der Waals surface area (Å²) in [5.74, 6) is -0.795. The molecule has 2 heterocycles. The van der Waals surface area contributed by atoms with E-state index in [-0.39, 0.29) is 11.5 Å². The third-order valence-electron chi connectivity index (χ3n) is 4.87. The minimum absolute atomic E-state index is 0.149. The van der Waals surface area contributed by atoms with Gasteiger partial charge in [0.15, 0.2) is 11.3 Å². The number of fused-ring (bicyclic) bond motifs is 1. The molecule has 0 aliphatic rings. The van der Waals surface area contributed by atoms with Crippen LogP contribution in [0.1, 0.15) is 23.0 Å². The fourth-order valence-electron chi connectivity index (χ4n) is 3.46. The van der Waals surface area contributed by atoms with Gasteiger partial charge >= 0.3 is 0 Å². The van der Waals surface area contributed by atoms with Crippen molar-refractivity contribution in [2.24, 2.45) is 0 Å². The van der Waals surface area contributed by atoms with Crippen LogP contribution in [0, 0.1) is 5.82 Å². The maximum Gasteiger partial charge on any atom is 0.232 e. The van der Waals surface area contributed by atoms with Gasteiger partial charge in [0.05, 0.1) is 17.6 Å². The van der Waals surface area contributed by atoms with Gasteiger partial charge in [-0.1, -0.05) is 12.1 Å². The molecule has 0 bridgehead atoms. The second-order valence-electron chi connectivity index (χ2n) is 6.93. The summed E-state index contributed by atoms with van der Waals surface area (Å²) in [5.41, 5.74) is 2.79. The maximum atomic E-state index is 13.2. The average Bonchev–Trinajstić information content (AvgIpc) is 3.18. The van der Waals surface area contributed by atoms with Crippen molar-refractivity contribution in [3.8, 4) is 11.3 Å². The van der Waals surface area contributed by atoms with Crippen LogP contribution >= 0.6 is 0 Å². The van der Waals surface area contributed by atoms with Crippen LogP contribution in [0.15, 0.2) is 67.1 Å². The Balaban J connectivity index is 1.80. The summed E-state index contributed by atoms with van der Waals surface area (Å²) >= 11 is 0. The van der Waals surface area contributed by atoms with Crippen molar-refractivity contribution in [3.05, 3.63) is 84.2 Å². The number of halogens is 1. The second-order valence-corrected chi connectivity index (χ2v) is 8.84. The zero-order valence-electron chi connectivity index (χ0n) is 16.9. The number of hydrogen-bond donors (Lipinski definition) is 0. The molecule has 0 radical (unpaired) electrons. The quantitative estimate of drug-likeness (QED) is 0.430. The molecule has 0 N–H and O–H groups in total. The molecule has 0 atom stereocenters. The number of hydrogen-bond acceptors (Lipinski definition) is 5. The smallest absolute Gasteiger partial charge is 0.232 e. The molecule has 31 heavy (non-hydrogen) atoms. The lowest BCUT2D eigenvalue weighted by Gasteiger charge is -2.21. The third-order valence-corrected chi connectivity index (χ3v) is 6.14. The fourth-order valence-corrected chi connectivity index (χ4v) is 4.43. The number of benzene rings is 2. The van der Waals surface area contributed by atoms with E-state index in [1.807, 2.05) is 6.07 Å². The van der Waals surface area contributed by atoms with Crippen LogP contribution < -0.4 is 4.31 Å². The van der Waals surface area contributed by atoms with E-state index in [0.29, 0.717) is 29.1 Å². The Morgan fingerprint density at radius 3 is 2.52 bits per heavy atom. The van der Waals surface area contributed by atoms with E-state index in [0.717, 1.165) is 11.8 Å². The lowest BCUT2D eigenvalue weighted by atomic mass is 10.1. The molecule has 2 aromatic carbocycles. The van der Waals surface area contributed by atoms with Crippen molar-refractivity contribution >= 4 is 27.1 Å². The van der Waals surface area contributed by atoms with Crippen LogP contribution in [0.25, 0.3) is 16.9 Å². The van der Waals surface area contributed by atoms with Gasteiger partial charge in [0.1, 0.15) is 12.1 Å². The summed E-state index contributed by atoms with van der Waals surface area (Å²) in [6.07, 6.45) is 4.22. The van der Waals surface area contributed by atoms with E-state index in [4.69, 9.17) is 0 Å². The van der Waals surface area contributed by atoms with E-state index in [9.17, 15) is 17.6 Å². The predicted molar refractivity (Wildman–Crippen MR) is 116 cm³/mol. The SMILES string of the molecule is CCN(c1cccc(-c2ccnc3c(C(=O)c4ccc(F)cc4)ncn23)c1)S(C)(=O)=O. The third kappa shape index (κ3) is 3.91. The van der Waals surface area contributed by atoms with Gasteiger partial charge in [-0.3, -0.25) is 13.5 Å². The number of ketones is 1.